The number of carbonyl (C=O) groups excluding carboxylic acids is 2. The van der Waals surface area contributed by atoms with Gasteiger partial charge in [-0.1, -0.05) is 12.1 Å². The first-order valence-electron chi connectivity index (χ1n) is 7.37. The van der Waals surface area contributed by atoms with Gasteiger partial charge >= 0.3 is 5.97 Å². The molecule has 0 unspecified atom stereocenters. The molecular weight excluding hydrogens is 310 g/mol. The predicted octanol–water partition coefficient (Wildman–Crippen LogP) is 1.53. The molecule has 1 aromatic carbocycles. The summed E-state index contributed by atoms with van der Waals surface area (Å²) < 4.78 is 9.75. The average molecular weight is 333 g/mol. The maximum Gasteiger partial charge on any atom is 0.303 e. The van der Waals surface area contributed by atoms with Gasteiger partial charge in [0.2, 0.25) is 0 Å². The highest BCUT2D eigenvalue weighted by atomic mass is 16.5. The van der Waals surface area contributed by atoms with Gasteiger partial charge in [-0.05, 0) is 31.5 Å². The van der Waals surface area contributed by atoms with E-state index in [1.54, 1.807) is 21.0 Å². The van der Waals surface area contributed by atoms with E-state index in [4.69, 9.17) is 10.5 Å². The number of carbonyl (C=O) groups is 2. The molecule has 130 valence electrons. The van der Waals surface area contributed by atoms with Crippen LogP contribution >= 0.6 is 0 Å². The summed E-state index contributed by atoms with van der Waals surface area (Å²) in [6.45, 7) is 4.72. The fraction of sp³-hybridized carbons (Fsp3) is 0.353. The van der Waals surface area contributed by atoms with Gasteiger partial charge in [0, 0.05) is 12.6 Å². The summed E-state index contributed by atoms with van der Waals surface area (Å²) in [5.74, 6) is -0.218. The molecule has 0 heterocycles. The van der Waals surface area contributed by atoms with Crippen LogP contribution in [0.5, 0.6) is 5.75 Å². The molecule has 1 aromatic rings. The van der Waals surface area contributed by atoms with Crippen LogP contribution in [0.2, 0.25) is 0 Å². The quantitative estimate of drug-likeness (QED) is 0.582. The van der Waals surface area contributed by atoms with Gasteiger partial charge in [0.05, 0.1) is 25.1 Å². The van der Waals surface area contributed by atoms with Crippen LogP contribution in [-0.4, -0.2) is 31.3 Å². The number of nitrogens with two attached hydrogens (primary N) is 1. The number of aliphatic imine (C=N–C) groups is 1. The number of esters is 1. The lowest BCUT2D eigenvalue weighted by molar-refractivity contribution is -0.146. The summed E-state index contributed by atoms with van der Waals surface area (Å²) in [5.41, 5.74) is 8.23. The highest BCUT2D eigenvalue weighted by Gasteiger charge is 2.11. The molecule has 24 heavy (non-hydrogen) atoms. The molecule has 3 N–H and O–H groups in total. The maximum atomic E-state index is 11.8. The number of ether oxygens (including phenoxy) is 2. The number of nitrogens with one attached hydrogen (secondary N) is 1. The number of hydrogen-bond acceptors (Lipinski definition) is 6. The van der Waals surface area contributed by atoms with Crippen molar-refractivity contribution in [2.75, 3.05) is 13.7 Å². The largest absolute Gasteiger partial charge is 0.497 e. The Morgan fingerprint density at radius 2 is 1.79 bits per heavy atom. The Morgan fingerprint density at radius 3 is 2.29 bits per heavy atom. The van der Waals surface area contributed by atoms with E-state index in [1.165, 1.54) is 6.92 Å². The van der Waals surface area contributed by atoms with Crippen molar-refractivity contribution in [3.05, 3.63) is 41.2 Å². The lowest BCUT2D eigenvalue weighted by atomic mass is 10.2. The topological polar surface area (TPSA) is 103 Å². The van der Waals surface area contributed by atoms with Crippen molar-refractivity contribution in [2.45, 2.75) is 27.3 Å². The molecule has 0 aliphatic rings. The molecule has 0 radical (unpaired) electrons. The van der Waals surface area contributed by atoms with Crippen LogP contribution in [0, 0.1) is 0 Å². The molecule has 0 atom stereocenters. The van der Waals surface area contributed by atoms with Crippen LogP contribution in [0.4, 0.5) is 0 Å². The summed E-state index contributed by atoms with van der Waals surface area (Å²) in [6.07, 6.45) is 0. The van der Waals surface area contributed by atoms with E-state index in [0.29, 0.717) is 23.7 Å². The summed E-state index contributed by atoms with van der Waals surface area (Å²) in [7, 11) is 1.61. The first kappa shape index (κ1) is 19.2. The monoisotopic (exact) mass is 333 g/mol. The highest BCUT2D eigenvalue weighted by Crippen LogP contribution is 2.12. The van der Waals surface area contributed by atoms with Gasteiger partial charge in [0.15, 0.2) is 6.61 Å². The average Bonchev–Trinajstić information content (AvgIpc) is 2.55. The second kappa shape index (κ2) is 9.34. The Labute approximate surface area is 141 Å². The Kier molecular flexibility index (Phi) is 7.48. The minimum atomic E-state index is -0.523. The van der Waals surface area contributed by atoms with Crippen LogP contribution in [0.25, 0.3) is 0 Å². The molecule has 1 amide bonds. The Balaban J connectivity index is 2.75. The normalized spacial score (nSPS) is 12.2. The van der Waals surface area contributed by atoms with Crippen LogP contribution in [-0.2, 0) is 20.9 Å². The predicted molar refractivity (Wildman–Crippen MR) is 91.5 cm³/mol. The number of nitrogens with zero attached hydrogens (tertiary/aromatic N) is 1. The smallest absolute Gasteiger partial charge is 0.303 e. The molecule has 1 rings (SSSR count). The van der Waals surface area contributed by atoms with Gasteiger partial charge < -0.3 is 20.5 Å². The molecule has 0 aliphatic heterocycles. The van der Waals surface area contributed by atoms with E-state index >= 15 is 0 Å². The van der Waals surface area contributed by atoms with Crippen molar-refractivity contribution in [1.82, 2.24) is 5.32 Å². The van der Waals surface area contributed by atoms with E-state index in [1.807, 2.05) is 24.3 Å². The van der Waals surface area contributed by atoms with Gasteiger partial charge in [-0.3, -0.25) is 14.6 Å². The molecular formula is C17H23N3O4. The van der Waals surface area contributed by atoms with Crippen LogP contribution < -0.4 is 15.8 Å². The second-order valence-corrected chi connectivity index (χ2v) is 5.14. The Hall–Kier alpha value is -2.83. The number of methoxy groups -OCH3 is 1. The zero-order valence-corrected chi connectivity index (χ0v) is 14.4. The van der Waals surface area contributed by atoms with Crippen molar-refractivity contribution < 1.29 is 19.1 Å². The molecule has 0 bridgehead atoms. The molecule has 0 spiro atoms. The Bertz CT molecular complexity index is 644. The van der Waals surface area contributed by atoms with Crippen molar-refractivity contribution in [2.24, 2.45) is 10.7 Å². The summed E-state index contributed by atoms with van der Waals surface area (Å²) in [6, 6.07) is 7.53. The first-order chi connectivity index (χ1) is 11.3. The number of benzene rings is 1. The summed E-state index contributed by atoms with van der Waals surface area (Å²) >= 11 is 0. The van der Waals surface area contributed by atoms with Crippen LogP contribution in [0.1, 0.15) is 26.3 Å². The van der Waals surface area contributed by atoms with E-state index in [2.05, 4.69) is 15.0 Å². The number of hydrogen-bond donors (Lipinski definition) is 2. The van der Waals surface area contributed by atoms with E-state index in [0.717, 1.165) is 11.3 Å². The molecule has 7 nitrogen and oxygen atoms in total. The van der Waals surface area contributed by atoms with Gasteiger partial charge in [0.1, 0.15) is 5.75 Å². The van der Waals surface area contributed by atoms with E-state index in [9.17, 15) is 9.59 Å². The lowest BCUT2D eigenvalue weighted by Gasteiger charge is -2.12. The molecule has 7 heteroatoms. The zero-order chi connectivity index (χ0) is 18.1. The SMILES string of the molecule is COc1ccc(CN=C(C)C(NC(=O)COC(C)=O)=C(C)N)cc1. The third-order valence-corrected chi connectivity index (χ3v) is 3.08. The van der Waals surface area contributed by atoms with Crippen molar-refractivity contribution in [3.63, 3.8) is 0 Å². The maximum absolute atomic E-state index is 11.8. The third kappa shape index (κ3) is 6.51. The van der Waals surface area contributed by atoms with E-state index < -0.39 is 11.9 Å². The van der Waals surface area contributed by atoms with Gasteiger partial charge in [-0.25, -0.2) is 0 Å². The van der Waals surface area contributed by atoms with Crippen molar-refractivity contribution in [3.8, 4) is 5.75 Å². The van der Waals surface area contributed by atoms with Gasteiger partial charge in [-0.15, -0.1) is 0 Å². The molecule has 0 aliphatic carbocycles. The fourth-order valence-electron chi connectivity index (χ4n) is 1.84. The zero-order valence-electron chi connectivity index (χ0n) is 14.4. The highest BCUT2D eigenvalue weighted by molar-refractivity contribution is 6.02. The first-order valence-corrected chi connectivity index (χ1v) is 7.37. The lowest BCUT2D eigenvalue weighted by Crippen LogP contribution is -2.32. The van der Waals surface area contributed by atoms with Gasteiger partial charge in [-0.2, -0.15) is 0 Å². The molecule has 0 fully saturated rings. The summed E-state index contributed by atoms with van der Waals surface area (Å²) in [5, 5.41) is 2.61. The third-order valence-electron chi connectivity index (χ3n) is 3.08. The van der Waals surface area contributed by atoms with Crippen molar-refractivity contribution >= 4 is 17.6 Å². The number of rotatable bonds is 7. The van der Waals surface area contributed by atoms with Crippen LogP contribution in [0.15, 0.2) is 40.7 Å². The van der Waals surface area contributed by atoms with Crippen molar-refractivity contribution in [1.29, 1.82) is 0 Å². The molecule has 0 saturated heterocycles. The standard InChI is InChI=1S/C17H23N3O4/c1-11(18)17(20-16(22)10-24-13(3)21)12(2)19-9-14-5-7-15(23-4)8-6-14/h5-8H,9-10,18H2,1-4H3,(H,20,22). The number of amides is 1. The Morgan fingerprint density at radius 1 is 1.17 bits per heavy atom. The molecule has 0 aromatic heterocycles. The van der Waals surface area contributed by atoms with Crippen LogP contribution in [0.3, 0.4) is 0 Å². The number of allylic oxidation sites excluding steroid dienone is 2. The fourth-order valence-corrected chi connectivity index (χ4v) is 1.84. The van der Waals surface area contributed by atoms with Gasteiger partial charge in [0.25, 0.3) is 5.91 Å². The molecule has 0 saturated carbocycles. The second-order valence-electron chi connectivity index (χ2n) is 5.14. The minimum Gasteiger partial charge on any atom is -0.497 e. The summed E-state index contributed by atoms with van der Waals surface area (Å²) in [4.78, 5) is 26.9. The minimum absolute atomic E-state index is 0.363. The van der Waals surface area contributed by atoms with E-state index in [-0.39, 0.29) is 6.61 Å².